The summed E-state index contributed by atoms with van der Waals surface area (Å²) in [4.78, 5) is 57.5. The van der Waals surface area contributed by atoms with E-state index < -0.39 is 35.2 Å². The number of amides is 4. The molecule has 8 rings (SSSR count). The lowest BCUT2D eigenvalue weighted by Gasteiger charge is -2.36. The van der Waals surface area contributed by atoms with E-state index in [1.54, 1.807) is 48.2 Å². The van der Waals surface area contributed by atoms with Crippen molar-refractivity contribution in [1.29, 1.82) is 0 Å². The highest BCUT2D eigenvalue weighted by molar-refractivity contribution is 6.02. The number of piperazine rings is 1. The summed E-state index contributed by atoms with van der Waals surface area (Å²) in [5.74, 6) is -4.01. The van der Waals surface area contributed by atoms with Crippen molar-refractivity contribution in [3.63, 3.8) is 0 Å². The number of rotatable bonds is 11. The van der Waals surface area contributed by atoms with E-state index in [-0.39, 0.29) is 71.9 Å². The van der Waals surface area contributed by atoms with E-state index in [0.717, 1.165) is 11.3 Å². The van der Waals surface area contributed by atoms with Crippen molar-refractivity contribution in [3.05, 3.63) is 113 Å². The van der Waals surface area contributed by atoms with Crippen LogP contribution < -0.4 is 10.2 Å². The third-order valence-electron chi connectivity index (χ3n) is 11.7. The Hall–Kier alpha value is -6.22. The van der Waals surface area contributed by atoms with Gasteiger partial charge in [-0.05, 0) is 72.4 Å². The number of hydrogen-bond donors (Lipinski definition) is 1. The topological polar surface area (TPSA) is 124 Å². The lowest BCUT2D eigenvalue weighted by Crippen LogP contribution is -2.47. The summed E-state index contributed by atoms with van der Waals surface area (Å²) in [6, 6.07) is 15.3. The fraction of sp³-hybridized carbons (Fsp3) is 0.356. The molecule has 2 saturated heterocycles. The molecular formula is C45H46F3N7O5. The Morgan fingerprint density at radius 2 is 1.68 bits per heavy atom. The van der Waals surface area contributed by atoms with Crippen molar-refractivity contribution in [3.8, 4) is 11.1 Å². The SMILES string of the molecule is CN(C)C(=O)c1cc2c(F)c(C3=CCCN(C(=O)CCn4cccn4)C3)cc(-c3ccc(N4CCN(CCc5c(F)cc(C6CCC(=O)NC6=O)cc5F)CC4)cc3)c2o1. The number of imide groups is 1. The molecule has 0 bridgehead atoms. The van der Waals surface area contributed by atoms with Gasteiger partial charge in [-0.3, -0.25) is 34.1 Å². The first-order valence-electron chi connectivity index (χ1n) is 20.2. The van der Waals surface area contributed by atoms with Crippen LogP contribution in [0.15, 0.2) is 77.5 Å². The molecule has 1 atom stereocenters. The largest absolute Gasteiger partial charge is 0.450 e. The molecule has 3 aliphatic heterocycles. The smallest absolute Gasteiger partial charge is 0.289 e. The number of anilines is 1. The molecule has 1 N–H and O–H groups in total. The molecule has 60 heavy (non-hydrogen) atoms. The van der Waals surface area contributed by atoms with Gasteiger partial charge < -0.3 is 19.1 Å². The average Bonchev–Trinajstić information content (AvgIpc) is 3.94. The Kier molecular flexibility index (Phi) is 11.6. The molecular weight excluding hydrogens is 776 g/mol. The number of nitrogens with one attached hydrogen (secondary N) is 1. The fourth-order valence-corrected chi connectivity index (χ4v) is 8.32. The molecule has 5 heterocycles. The molecule has 1 unspecified atom stereocenters. The van der Waals surface area contributed by atoms with Crippen LogP contribution in [0.4, 0.5) is 18.9 Å². The zero-order valence-corrected chi connectivity index (χ0v) is 33.6. The van der Waals surface area contributed by atoms with Crippen LogP contribution in [0.3, 0.4) is 0 Å². The Balaban J connectivity index is 0.956. The first kappa shape index (κ1) is 40.6. The molecule has 0 aliphatic carbocycles. The quantitative estimate of drug-likeness (QED) is 0.161. The molecule has 15 heteroatoms. The van der Waals surface area contributed by atoms with Crippen LogP contribution in [0.2, 0.25) is 0 Å². The van der Waals surface area contributed by atoms with E-state index in [9.17, 15) is 19.2 Å². The van der Waals surface area contributed by atoms with Crippen LogP contribution in [0, 0.1) is 17.5 Å². The van der Waals surface area contributed by atoms with Crippen molar-refractivity contribution in [2.75, 3.05) is 64.8 Å². The van der Waals surface area contributed by atoms with Crippen LogP contribution in [-0.2, 0) is 27.3 Å². The van der Waals surface area contributed by atoms with Crippen molar-refractivity contribution in [2.24, 2.45) is 0 Å². The second kappa shape index (κ2) is 17.2. The number of nitrogens with zero attached hydrogens (tertiary/aromatic N) is 6. The van der Waals surface area contributed by atoms with Gasteiger partial charge in [-0.15, -0.1) is 0 Å². The first-order chi connectivity index (χ1) is 28.9. The molecule has 0 spiro atoms. The molecule has 312 valence electrons. The van der Waals surface area contributed by atoms with Gasteiger partial charge in [0.1, 0.15) is 23.0 Å². The molecule has 3 aliphatic rings. The minimum Gasteiger partial charge on any atom is -0.450 e. The van der Waals surface area contributed by atoms with Gasteiger partial charge in [-0.2, -0.15) is 5.10 Å². The third-order valence-corrected chi connectivity index (χ3v) is 11.7. The number of benzene rings is 3. The van der Waals surface area contributed by atoms with Gasteiger partial charge in [0.15, 0.2) is 5.76 Å². The number of carbonyl (C=O) groups is 4. The maximum Gasteiger partial charge on any atom is 0.289 e. The summed E-state index contributed by atoms with van der Waals surface area (Å²) in [5, 5.41) is 6.60. The van der Waals surface area contributed by atoms with Gasteiger partial charge in [0.25, 0.3) is 5.91 Å². The Labute approximate surface area is 345 Å². The second-order valence-corrected chi connectivity index (χ2v) is 15.8. The van der Waals surface area contributed by atoms with Gasteiger partial charge in [0.05, 0.1) is 11.3 Å². The van der Waals surface area contributed by atoms with Crippen LogP contribution in [-0.4, -0.2) is 108 Å². The van der Waals surface area contributed by atoms with E-state index in [1.165, 1.54) is 23.1 Å². The number of aromatic nitrogens is 2. The van der Waals surface area contributed by atoms with Crippen LogP contribution in [0.25, 0.3) is 27.7 Å². The normalized spacial score (nSPS) is 17.6. The minimum atomic E-state index is -0.762. The van der Waals surface area contributed by atoms with Crippen molar-refractivity contribution in [2.45, 2.75) is 44.6 Å². The third kappa shape index (κ3) is 8.44. The molecule has 12 nitrogen and oxygen atoms in total. The highest BCUT2D eigenvalue weighted by atomic mass is 19.1. The molecule has 4 amide bonds. The molecule has 0 radical (unpaired) electrons. The van der Waals surface area contributed by atoms with Crippen LogP contribution in [0.1, 0.15) is 58.8 Å². The van der Waals surface area contributed by atoms with Gasteiger partial charge >= 0.3 is 0 Å². The molecule has 5 aromatic rings. The predicted molar refractivity (Wildman–Crippen MR) is 219 cm³/mol. The zero-order chi connectivity index (χ0) is 42.1. The fourth-order valence-electron chi connectivity index (χ4n) is 8.32. The number of hydrogen-bond acceptors (Lipinski definition) is 8. The average molecular weight is 822 g/mol. The van der Waals surface area contributed by atoms with Crippen LogP contribution in [0.5, 0.6) is 0 Å². The minimum absolute atomic E-state index is 0.0181. The highest BCUT2D eigenvalue weighted by Crippen LogP contribution is 2.39. The predicted octanol–water partition coefficient (Wildman–Crippen LogP) is 6.01. The summed E-state index contributed by atoms with van der Waals surface area (Å²) in [6.45, 7) is 4.39. The van der Waals surface area contributed by atoms with Gasteiger partial charge in [0, 0.05) is 120 Å². The second-order valence-electron chi connectivity index (χ2n) is 15.8. The number of aryl methyl sites for hydroxylation is 1. The number of furan rings is 1. The van der Waals surface area contributed by atoms with Crippen molar-refractivity contribution >= 4 is 45.9 Å². The summed E-state index contributed by atoms with van der Waals surface area (Å²) in [7, 11) is 3.21. The van der Waals surface area contributed by atoms with E-state index in [4.69, 9.17) is 4.42 Å². The highest BCUT2D eigenvalue weighted by Gasteiger charge is 2.30. The van der Waals surface area contributed by atoms with Crippen LogP contribution >= 0.6 is 0 Å². The van der Waals surface area contributed by atoms with Gasteiger partial charge in [0.2, 0.25) is 17.7 Å². The maximum atomic E-state index is 16.5. The zero-order valence-electron chi connectivity index (χ0n) is 33.6. The summed E-state index contributed by atoms with van der Waals surface area (Å²) >= 11 is 0. The van der Waals surface area contributed by atoms with E-state index in [0.29, 0.717) is 68.9 Å². The Bertz CT molecular complexity index is 2450. The number of piperidine rings is 1. The molecule has 3 aromatic carbocycles. The molecule has 0 saturated carbocycles. The monoisotopic (exact) mass is 821 g/mol. The van der Waals surface area contributed by atoms with E-state index in [1.807, 2.05) is 30.3 Å². The van der Waals surface area contributed by atoms with Gasteiger partial charge in [-0.1, -0.05) is 18.2 Å². The van der Waals surface area contributed by atoms with E-state index in [2.05, 4.69) is 20.2 Å². The van der Waals surface area contributed by atoms with E-state index >= 15 is 13.2 Å². The summed E-state index contributed by atoms with van der Waals surface area (Å²) in [5.41, 5.74) is 3.84. The summed E-state index contributed by atoms with van der Waals surface area (Å²) in [6.07, 6.45) is 6.79. The number of halogens is 3. The lowest BCUT2D eigenvalue weighted by molar-refractivity contribution is -0.134. The lowest BCUT2D eigenvalue weighted by atomic mass is 9.89. The Morgan fingerprint density at radius 1 is 0.933 bits per heavy atom. The number of carbonyl (C=O) groups excluding carboxylic acids is 4. The van der Waals surface area contributed by atoms with Crippen molar-refractivity contribution < 1.29 is 36.8 Å². The number of fused-ring (bicyclic) bond motifs is 1. The maximum absolute atomic E-state index is 16.5. The Morgan fingerprint density at radius 3 is 2.37 bits per heavy atom. The molecule has 2 fully saturated rings. The van der Waals surface area contributed by atoms with Gasteiger partial charge in [-0.25, -0.2) is 13.2 Å². The first-order valence-corrected chi connectivity index (χ1v) is 20.2. The standard InChI is InChI=1S/C45H46F3N7O5/c1-51(2)45(59)39-26-36-42(48)34(29-5-3-15-54(27-29)41(57)13-18-55-16-4-14-49-55)25-35(43(36)60-39)28-6-8-31(9-7-28)53-21-19-52(20-22-53)17-12-33-37(46)23-30(24-38(33)47)32-10-11-40(56)50-44(32)58/h4-9,14,16,23-26,32H,3,10-13,15,17-22,27H2,1-2H3,(H,50,56,58). The van der Waals surface area contributed by atoms with Crippen molar-refractivity contribution in [1.82, 2.24) is 29.8 Å². The molecule has 2 aromatic heterocycles. The summed E-state index contributed by atoms with van der Waals surface area (Å²) < 4.78 is 54.6.